The molecule has 0 bridgehead atoms. The lowest BCUT2D eigenvalue weighted by Crippen LogP contribution is -2.47. The highest BCUT2D eigenvalue weighted by Crippen LogP contribution is 2.23. The Morgan fingerprint density at radius 2 is 1.67 bits per heavy atom. The summed E-state index contributed by atoms with van der Waals surface area (Å²) in [6.07, 6.45) is 7.71. The van der Waals surface area contributed by atoms with E-state index >= 15 is 0 Å². The van der Waals surface area contributed by atoms with Crippen molar-refractivity contribution >= 4 is 23.2 Å². The Labute approximate surface area is 157 Å². The van der Waals surface area contributed by atoms with Gasteiger partial charge in [-0.15, -0.1) is 0 Å². The van der Waals surface area contributed by atoms with Gasteiger partial charge >= 0.3 is 0 Å². The fourth-order valence-electron chi connectivity index (χ4n) is 3.57. The summed E-state index contributed by atoms with van der Waals surface area (Å²) in [6, 6.07) is 10.4. The quantitative estimate of drug-likeness (QED) is 0.768. The molecule has 1 N–H and O–H groups in total. The minimum absolute atomic E-state index is 0.0186. The average Bonchev–Trinajstić information content (AvgIpc) is 3.44. The van der Waals surface area contributed by atoms with Gasteiger partial charge in [0.05, 0.1) is 5.56 Å². The molecule has 1 saturated heterocycles. The molecular formula is C20H22N6O. The van der Waals surface area contributed by atoms with E-state index in [2.05, 4.69) is 41.6 Å². The Morgan fingerprint density at radius 3 is 2.41 bits per heavy atom. The number of hydrogen-bond acceptors (Lipinski definition) is 5. The summed E-state index contributed by atoms with van der Waals surface area (Å²) < 4.78 is 2.12. The zero-order valence-electron chi connectivity index (χ0n) is 15.1. The van der Waals surface area contributed by atoms with Crippen LogP contribution in [0.25, 0.3) is 5.52 Å². The molecule has 0 aromatic carbocycles. The van der Waals surface area contributed by atoms with Crippen molar-refractivity contribution in [2.24, 2.45) is 0 Å². The Morgan fingerprint density at radius 1 is 0.963 bits per heavy atom. The highest BCUT2D eigenvalue weighted by atomic mass is 16.1. The summed E-state index contributed by atoms with van der Waals surface area (Å²) in [7, 11) is 0. The van der Waals surface area contributed by atoms with Gasteiger partial charge in [-0.3, -0.25) is 4.79 Å². The maximum absolute atomic E-state index is 12.4. The number of hydrogen-bond donors (Lipinski definition) is 1. The van der Waals surface area contributed by atoms with E-state index in [1.54, 1.807) is 12.4 Å². The molecule has 7 nitrogen and oxygen atoms in total. The molecule has 1 amide bonds. The predicted molar refractivity (Wildman–Crippen MR) is 104 cm³/mol. The number of nitrogens with one attached hydrogen (secondary N) is 1. The summed E-state index contributed by atoms with van der Waals surface area (Å²) in [5.41, 5.74) is 1.81. The zero-order valence-corrected chi connectivity index (χ0v) is 15.1. The molecule has 0 radical (unpaired) electrons. The molecule has 2 aliphatic rings. The van der Waals surface area contributed by atoms with Crippen molar-refractivity contribution < 1.29 is 4.79 Å². The van der Waals surface area contributed by atoms with Crippen LogP contribution >= 0.6 is 0 Å². The number of amides is 1. The molecule has 1 saturated carbocycles. The van der Waals surface area contributed by atoms with Crippen LogP contribution in [0.4, 0.5) is 11.8 Å². The van der Waals surface area contributed by atoms with Gasteiger partial charge in [-0.1, -0.05) is 0 Å². The molecule has 5 rings (SSSR count). The van der Waals surface area contributed by atoms with Crippen LogP contribution in [0.2, 0.25) is 0 Å². The summed E-state index contributed by atoms with van der Waals surface area (Å²) in [5.74, 6) is 1.93. The third kappa shape index (κ3) is 3.20. The minimum atomic E-state index is 0.0186. The lowest BCUT2D eigenvalue weighted by Gasteiger charge is -2.35. The van der Waals surface area contributed by atoms with E-state index in [-0.39, 0.29) is 5.91 Å². The molecular weight excluding hydrogens is 340 g/mol. The summed E-state index contributed by atoms with van der Waals surface area (Å²) in [6.45, 7) is 3.53. The van der Waals surface area contributed by atoms with Gasteiger partial charge < -0.3 is 19.5 Å². The first-order chi connectivity index (χ1) is 13.3. The maximum Gasteiger partial charge on any atom is 0.252 e. The molecule has 0 spiro atoms. The third-order valence-corrected chi connectivity index (χ3v) is 5.24. The number of nitrogens with zero attached hydrogens (tertiary/aromatic N) is 5. The lowest BCUT2D eigenvalue weighted by atomic mass is 10.2. The second kappa shape index (κ2) is 6.57. The molecule has 0 atom stereocenters. The molecule has 3 aromatic rings. The molecule has 27 heavy (non-hydrogen) atoms. The van der Waals surface area contributed by atoms with E-state index in [9.17, 15) is 4.79 Å². The van der Waals surface area contributed by atoms with Crippen LogP contribution in [0.1, 0.15) is 23.2 Å². The van der Waals surface area contributed by atoms with E-state index in [1.807, 2.05) is 24.4 Å². The third-order valence-electron chi connectivity index (χ3n) is 5.24. The molecule has 7 heteroatoms. The topological polar surface area (TPSA) is 65.8 Å². The van der Waals surface area contributed by atoms with Gasteiger partial charge in [0.1, 0.15) is 5.82 Å². The van der Waals surface area contributed by atoms with Crippen LogP contribution < -0.4 is 15.1 Å². The Hall–Kier alpha value is -3.09. The van der Waals surface area contributed by atoms with Crippen molar-refractivity contribution in [1.82, 2.24) is 19.7 Å². The van der Waals surface area contributed by atoms with Crippen molar-refractivity contribution in [3.8, 4) is 0 Å². The van der Waals surface area contributed by atoms with Gasteiger partial charge in [-0.05, 0) is 43.2 Å². The van der Waals surface area contributed by atoms with E-state index in [1.165, 1.54) is 0 Å². The largest absolute Gasteiger partial charge is 0.354 e. The number of aromatic nitrogens is 3. The van der Waals surface area contributed by atoms with Crippen LogP contribution in [0.15, 0.2) is 48.9 Å². The standard InChI is InChI=1S/C20H22N6O/c27-19(23-16-3-4-16)15-2-5-17-6-7-18(26(17)14-15)24-10-12-25(13-11-24)20-21-8-1-9-22-20/h1-2,5-9,14,16H,3-4,10-13H2,(H,23,27). The molecule has 138 valence electrons. The minimum Gasteiger partial charge on any atom is -0.354 e. The number of piperazine rings is 1. The Balaban J connectivity index is 1.35. The summed E-state index contributed by atoms with van der Waals surface area (Å²) >= 11 is 0. The van der Waals surface area contributed by atoms with E-state index in [4.69, 9.17) is 0 Å². The van der Waals surface area contributed by atoms with Gasteiger partial charge in [-0.25, -0.2) is 9.97 Å². The van der Waals surface area contributed by atoms with Crippen molar-refractivity contribution in [3.05, 3.63) is 54.5 Å². The monoisotopic (exact) mass is 362 g/mol. The summed E-state index contributed by atoms with van der Waals surface area (Å²) in [5, 5.41) is 3.06. The molecule has 4 heterocycles. The first-order valence-electron chi connectivity index (χ1n) is 9.47. The van der Waals surface area contributed by atoms with Crippen molar-refractivity contribution in [3.63, 3.8) is 0 Å². The molecule has 1 aliphatic carbocycles. The molecule has 1 aliphatic heterocycles. The maximum atomic E-state index is 12.4. The normalized spacial score (nSPS) is 17.3. The number of carbonyl (C=O) groups is 1. The van der Waals surface area contributed by atoms with Crippen LogP contribution in [-0.4, -0.2) is 52.5 Å². The number of fused-ring (bicyclic) bond motifs is 1. The fraction of sp³-hybridized carbons (Fsp3) is 0.350. The molecule has 0 unspecified atom stereocenters. The summed E-state index contributed by atoms with van der Waals surface area (Å²) in [4.78, 5) is 25.6. The Kier molecular flexibility index (Phi) is 3.92. The van der Waals surface area contributed by atoms with Gasteiger partial charge in [0.15, 0.2) is 0 Å². The predicted octanol–water partition coefficient (Wildman–Crippen LogP) is 1.95. The number of rotatable bonds is 4. The SMILES string of the molecule is O=C(NC1CC1)c1ccc2ccc(N3CCN(c4ncccn4)CC3)n2c1. The van der Waals surface area contributed by atoms with Gasteiger partial charge in [-0.2, -0.15) is 0 Å². The first kappa shape index (κ1) is 16.1. The van der Waals surface area contributed by atoms with E-state index < -0.39 is 0 Å². The smallest absolute Gasteiger partial charge is 0.252 e. The lowest BCUT2D eigenvalue weighted by molar-refractivity contribution is 0.0950. The highest BCUT2D eigenvalue weighted by Gasteiger charge is 2.24. The van der Waals surface area contributed by atoms with Crippen LogP contribution in [0, 0.1) is 0 Å². The second-order valence-electron chi connectivity index (χ2n) is 7.17. The second-order valence-corrected chi connectivity index (χ2v) is 7.17. The van der Waals surface area contributed by atoms with Crippen LogP contribution in [0.5, 0.6) is 0 Å². The number of anilines is 2. The van der Waals surface area contributed by atoms with Gasteiger partial charge in [0.2, 0.25) is 5.95 Å². The number of pyridine rings is 1. The molecule has 2 fully saturated rings. The average molecular weight is 362 g/mol. The van der Waals surface area contributed by atoms with Crippen molar-refractivity contribution in [2.75, 3.05) is 36.0 Å². The fourth-order valence-corrected chi connectivity index (χ4v) is 3.57. The van der Waals surface area contributed by atoms with E-state index in [0.717, 1.165) is 56.3 Å². The van der Waals surface area contributed by atoms with Crippen LogP contribution in [0.3, 0.4) is 0 Å². The highest BCUT2D eigenvalue weighted by molar-refractivity contribution is 5.94. The Bertz CT molecular complexity index is 957. The van der Waals surface area contributed by atoms with E-state index in [0.29, 0.717) is 11.6 Å². The zero-order chi connectivity index (χ0) is 18.2. The van der Waals surface area contributed by atoms with Crippen molar-refractivity contribution in [2.45, 2.75) is 18.9 Å². The number of carbonyl (C=O) groups excluding carboxylic acids is 1. The van der Waals surface area contributed by atoms with Crippen LogP contribution in [-0.2, 0) is 0 Å². The van der Waals surface area contributed by atoms with Gasteiger partial charge in [0, 0.05) is 56.3 Å². The molecule has 3 aromatic heterocycles. The first-order valence-corrected chi connectivity index (χ1v) is 9.47. The van der Waals surface area contributed by atoms with Gasteiger partial charge in [0.25, 0.3) is 5.91 Å². The van der Waals surface area contributed by atoms with Crippen molar-refractivity contribution in [1.29, 1.82) is 0 Å².